The Bertz CT molecular complexity index is 539. The summed E-state index contributed by atoms with van der Waals surface area (Å²) in [6.45, 7) is 4.25. The van der Waals surface area contributed by atoms with Crippen LogP contribution in [0.4, 0.5) is 11.6 Å². The zero-order chi connectivity index (χ0) is 13.3. The van der Waals surface area contributed by atoms with Crippen LogP contribution in [0.1, 0.15) is 25.2 Å². The van der Waals surface area contributed by atoms with Crippen molar-refractivity contribution in [3.8, 4) is 0 Å². The molecule has 0 bridgehead atoms. The third kappa shape index (κ3) is 1.92. The Balaban J connectivity index is 2.46. The summed E-state index contributed by atoms with van der Waals surface area (Å²) in [5.41, 5.74) is 7.43. The molecule has 0 spiro atoms. The molecule has 3 N–H and O–H groups in total. The highest BCUT2D eigenvalue weighted by atomic mass is 15.3. The molecule has 18 heavy (non-hydrogen) atoms. The minimum Gasteiger partial charge on any atom is -0.399 e. The van der Waals surface area contributed by atoms with Crippen LogP contribution in [0.2, 0.25) is 0 Å². The standard InChI is InChI=1S/C13H19N5/c1-13(2,9-5-7-10(14)8-6-9)11-16-17-12(15-3)18(11)4/h5-8H,14H2,1-4H3,(H,15,17). The lowest BCUT2D eigenvalue weighted by Gasteiger charge is -2.24. The van der Waals surface area contributed by atoms with Gasteiger partial charge in [0.25, 0.3) is 0 Å². The van der Waals surface area contributed by atoms with Gasteiger partial charge in [0.1, 0.15) is 5.82 Å². The van der Waals surface area contributed by atoms with E-state index in [4.69, 9.17) is 5.73 Å². The minimum absolute atomic E-state index is 0.218. The summed E-state index contributed by atoms with van der Waals surface area (Å²) >= 11 is 0. The smallest absolute Gasteiger partial charge is 0.224 e. The van der Waals surface area contributed by atoms with Gasteiger partial charge in [-0.2, -0.15) is 0 Å². The predicted octanol–water partition coefficient (Wildman–Crippen LogP) is 1.76. The van der Waals surface area contributed by atoms with Crippen LogP contribution in [0.25, 0.3) is 0 Å². The molecule has 2 aromatic rings. The summed E-state index contributed by atoms with van der Waals surface area (Å²) in [6, 6.07) is 7.88. The normalized spacial score (nSPS) is 11.6. The highest BCUT2D eigenvalue weighted by Gasteiger charge is 2.29. The summed E-state index contributed by atoms with van der Waals surface area (Å²) in [5, 5.41) is 11.4. The van der Waals surface area contributed by atoms with E-state index >= 15 is 0 Å². The van der Waals surface area contributed by atoms with Crippen molar-refractivity contribution < 1.29 is 0 Å². The highest BCUT2D eigenvalue weighted by Crippen LogP contribution is 2.31. The van der Waals surface area contributed by atoms with E-state index < -0.39 is 0 Å². The van der Waals surface area contributed by atoms with Gasteiger partial charge in [-0.25, -0.2) is 0 Å². The summed E-state index contributed by atoms with van der Waals surface area (Å²) in [5.74, 6) is 1.67. The summed E-state index contributed by atoms with van der Waals surface area (Å²) in [6.07, 6.45) is 0. The maximum atomic E-state index is 5.72. The van der Waals surface area contributed by atoms with E-state index in [0.717, 1.165) is 23.0 Å². The molecular formula is C13H19N5. The lowest BCUT2D eigenvalue weighted by Crippen LogP contribution is -2.24. The quantitative estimate of drug-likeness (QED) is 0.809. The zero-order valence-corrected chi connectivity index (χ0v) is 11.2. The Morgan fingerprint density at radius 3 is 2.28 bits per heavy atom. The molecule has 0 unspecified atom stereocenters. The van der Waals surface area contributed by atoms with Crippen molar-refractivity contribution in [2.75, 3.05) is 18.1 Å². The molecule has 5 nitrogen and oxygen atoms in total. The number of nitrogens with zero attached hydrogens (tertiary/aromatic N) is 3. The summed E-state index contributed by atoms with van der Waals surface area (Å²) in [7, 11) is 3.80. The van der Waals surface area contributed by atoms with Crippen LogP contribution < -0.4 is 11.1 Å². The highest BCUT2D eigenvalue weighted by molar-refractivity contribution is 5.43. The maximum absolute atomic E-state index is 5.72. The van der Waals surface area contributed by atoms with Crippen LogP contribution in [0.15, 0.2) is 24.3 Å². The van der Waals surface area contributed by atoms with Gasteiger partial charge in [0.2, 0.25) is 5.95 Å². The van der Waals surface area contributed by atoms with Crippen LogP contribution in [0.3, 0.4) is 0 Å². The van der Waals surface area contributed by atoms with E-state index in [1.165, 1.54) is 0 Å². The Labute approximate surface area is 107 Å². The van der Waals surface area contributed by atoms with E-state index in [9.17, 15) is 0 Å². The number of hydrogen-bond acceptors (Lipinski definition) is 4. The van der Waals surface area contributed by atoms with Gasteiger partial charge in [-0.15, -0.1) is 10.2 Å². The first-order valence-electron chi connectivity index (χ1n) is 5.90. The van der Waals surface area contributed by atoms with Crippen LogP contribution in [0, 0.1) is 0 Å². The van der Waals surface area contributed by atoms with Crippen LogP contribution in [-0.4, -0.2) is 21.8 Å². The number of nitrogen functional groups attached to an aromatic ring is 1. The van der Waals surface area contributed by atoms with Crippen molar-refractivity contribution in [1.82, 2.24) is 14.8 Å². The number of nitrogens with two attached hydrogens (primary N) is 1. The molecule has 0 fully saturated rings. The Kier molecular flexibility index (Phi) is 2.98. The van der Waals surface area contributed by atoms with Gasteiger partial charge in [0.05, 0.1) is 0 Å². The molecule has 0 saturated carbocycles. The molecular weight excluding hydrogens is 226 g/mol. The molecule has 1 aromatic carbocycles. The number of anilines is 2. The van der Waals surface area contributed by atoms with Gasteiger partial charge in [-0.1, -0.05) is 12.1 Å². The van der Waals surface area contributed by atoms with Crippen molar-refractivity contribution in [3.05, 3.63) is 35.7 Å². The van der Waals surface area contributed by atoms with Gasteiger partial charge < -0.3 is 11.1 Å². The third-order valence-corrected chi connectivity index (χ3v) is 3.29. The fourth-order valence-electron chi connectivity index (χ4n) is 2.12. The fourth-order valence-corrected chi connectivity index (χ4v) is 2.12. The van der Waals surface area contributed by atoms with E-state index in [1.807, 2.05) is 42.9 Å². The second-order valence-electron chi connectivity index (χ2n) is 4.90. The van der Waals surface area contributed by atoms with Crippen molar-refractivity contribution in [2.24, 2.45) is 7.05 Å². The number of benzene rings is 1. The van der Waals surface area contributed by atoms with Crippen molar-refractivity contribution >= 4 is 11.6 Å². The zero-order valence-electron chi connectivity index (χ0n) is 11.2. The molecule has 0 aliphatic rings. The van der Waals surface area contributed by atoms with Crippen LogP contribution >= 0.6 is 0 Å². The van der Waals surface area contributed by atoms with Gasteiger partial charge in [0, 0.05) is 25.2 Å². The van der Waals surface area contributed by atoms with E-state index in [-0.39, 0.29) is 5.41 Å². The summed E-state index contributed by atoms with van der Waals surface area (Å²) in [4.78, 5) is 0. The first-order chi connectivity index (χ1) is 8.46. The molecule has 0 aliphatic heterocycles. The Hall–Kier alpha value is -2.04. The van der Waals surface area contributed by atoms with Crippen LogP contribution in [-0.2, 0) is 12.5 Å². The number of hydrogen-bond donors (Lipinski definition) is 2. The molecule has 0 aliphatic carbocycles. The number of rotatable bonds is 3. The average Bonchev–Trinajstić information content (AvgIpc) is 2.71. The van der Waals surface area contributed by atoms with Gasteiger partial charge in [-0.3, -0.25) is 4.57 Å². The predicted molar refractivity (Wildman–Crippen MR) is 73.5 cm³/mol. The second-order valence-corrected chi connectivity index (χ2v) is 4.90. The summed E-state index contributed by atoms with van der Waals surface area (Å²) < 4.78 is 1.97. The Morgan fingerprint density at radius 1 is 1.17 bits per heavy atom. The Morgan fingerprint density at radius 2 is 1.78 bits per heavy atom. The van der Waals surface area contributed by atoms with Crippen molar-refractivity contribution in [2.45, 2.75) is 19.3 Å². The monoisotopic (exact) mass is 245 g/mol. The van der Waals surface area contributed by atoms with Crippen molar-refractivity contribution in [3.63, 3.8) is 0 Å². The average molecular weight is 245 g/mol. The molecule has 0 atom stereocenters. The maximum Gasteiger partial charge on any atom is 0.224 e. The van der Waals surface area contributed by atoms with E-state index in [1.54, 1.807) is 0 Å². The largest absolute Gasteiger partial charge is 0.399 e. The lowest BCUT2D eigenvalue weighted by molar-refractivity contribution is 0.561. The number of nitrogens with one attached hydrogen (secondary N) is 1. The molecule has 0 amide bonds. The first-order valence-corrected chi connectivity index (χ1v) is 5.90. The van der Waals surface area contributed by atoms with Crippen molar-refractivity contribution in [1.29, 1.82) is 0 Å². The third-order valence-electron chi connectivity index (χ3n) is 3.29. The van der Waals surface area contributed by atoms with Gasteiger partial charge in [0.15, 0.2) is 0 Å². The van der Waals surface area contributed by atoms with E-state index in [2.05, 4.69) is 29.4 Å². The first kappa shape index (κ1) is 12.4. The SMILES string of the molecule is CNc1nnc(C(C)(C)c2ccc(N)cc2)n1C. The molecule has 1 aromatic heterocycles. The number of aromatic nitrogens is 3. The second kappa shape index (κ2) is 4.33. The molecule has 96 valence electrons. The molecule has 5 heteroatoms. The van der Waals surface area contributed by atoms with Gasteiger partial charge in [-0.05, 0) is 31.5 Å². The molecule has 0 saturated heterocycles. The minimum atomic E-state index is -0.218. The fraction of sp³-hybridized carbons (Fsp3) is 0.385. The van der Waals surface area contributed by atoms with E-state index in [0.29, 0.717) is 0 Å². The molecule has 2 rings (SSSR count). The molecule has 0 radical (unpaired) electrons. The van der Waals surface area contributed by atoms with Crippen LogP contribution in [0.5, 0.6) is 0 Å². The topological polar surface area (TPSA) is 68.8 Å². The van der Waals surface area contributed by atoms with Gasteiger partial charge >= 0.3 is 0 Å². The lowest BCUT2D eigenvalue weighted by atomic mass is 9.83. The molecule has 1 heterocycles.